The Hall–Kier alpha value is -3.89. The zero-order valence-corrected chi connectivity index (χ0v) is 19.7. The van der Waals surface area contributed by atoms with Crippen molar-refractivity contribution in [3.63, 3.8) is 0 Å². The molecule has 168 valence electrons. The van der Waals surface area contributed by atoms with Crippen LogP contribution in [0.15, 0.2) is 55.0 Å². The molecule has 1 saturated heterocycles. The molecular formula is C27H24N6S. The first-order valence-electron chi connectivity index (χ1n) is 11.6. The van der Waals surface area contributed by atoms with Gasteiger partial charge in [0.2, 0.25) is 0 Å². The Labute approximate surface area is 201 Å². The molecule has 0 saturated carbocycles. The summed E-state index contributed by atoms with van der Waals surface area (Å²) in [5, 5.41) is 15.5. The zero-order valence-electron chi connectivity index (χ0n) is 18.9. The van der Waals surface area contributed by atoms with Gasteiger partial charge in [0.1, 0.15) is 16.7 Å². The van der Waals surface area contributed by atoms with Crippen molar-refractivity contribution in [2.24, 2.45) is 0 Å². The summed E-state index contributed by atoms with van der Waals surface area (Å²) in [6, 6.07) is 14.9. The van der Waals surface area contributed by atoms with Crippen molar-refractivity contribution in [2.75, 3.05) is 23.3 Å². The maximum atomic E-state index is 9.80. The number of aromatic nitrogens is 3. The Morgan fingerprint density at radius 1 is 1.03 bits per heavy atom. The van der Waals surface area contributed by atoms with E-state index in [2.05, 4.69) is 69.6 Å². The fourth-order valence-electron chi connectivity index (χ4n) is 4.75. The monoisotopic (exact) mass is 464 g/mol. The van der Waals surface area contributed by atoms with Crippen molar-refractivity contribution in [2.45, 2.75) is 26.2 Å². The van der Waals surface area contributed by atoms with Crippen LogP contribution in [-0.4, -0.2) is 28.0 Å². The van der Waals surface area contributed by atoms with Gasteiger partial charge in [-0.3, -0.25) is 0 Å². The lowest BCUT2D eigenvalue weighted by molar-refractivity contribution is 0.573. The topological polar surface area (TPSA) is 80.6 Å². The number of hydrogen-bond acceptors (Lipinski definition) is 6. The highest BCUT2D eigenvalue weighted by molar-refractivity contribution is 7.21. The highest BCUT2D eigenvalue weighted by atomic mass is 32.1. The number of hydrogen-bond donors (Lipinski definition) is 2. The van der Waals surface area contributed by atoms with Crippen LogP contribution in [0, 0.1) is 18.3 Å². The van der Waals surface area contributed by atoms with E-state index in [0.29, 0.717) is 5.56 Å². The number of H-pyrrole nitrogens is 1. The van der Waals surface area contributed by atoms with E-state index in [0.717, 1.165) is 62.0 Å². The van der Waals surface area contributed by atoms with Gasteiger partial charge in [-0.1, -0.05) is 0 Å². The second-order valence-corrected chi connectivity index (χ2v) is 9.77. The first-order valence-corrected chi connectivity index (χ1v) is 12.4. The number of benzene rings is 1. The molecule has 0 spiro atoms. The zero-order chi connectivity index (χ0) is 23.1. The Balaban J connectivity index is 1.38. The SMILES string of the molecule is Cc1c(Nc2c(C#N)cnc3sc(-c4ccc(N5CCCCC5)nc4)cc23)ccc2[nH]ccc12. The summed E-state index contributed by atoms with van der Waals surface area (Å²) in [5.41, 5.74) is 5.62. The van der Waals surface area contributed by atoms with Crippen LogP contribution in [0.2, 0.25) is 0 Å². The highest BCUT2D eigenvalue weighted by Gasteiger charge is 2.16. The van der Waals surface area contributed by atoms with E-state index in [1.807, 2.05) is 12.4 Å². The van der Waals surface area contributed by atoms with E-state index >= 15 is 0 Å². The molecule has 0 atom stereocenters. The second kappa shape index (κ2) is 8.47. The molecule has 5 heterocycles. The smallest absolute Gasteiger partial charge is 0.128 e. The molecular weight excluding hydrogens is 440 g/mol. The maximum absolute atomic E-state index is 9.80. The summed E-state index contributed by atoms with van der Waals surface area (Å²) >= 11 is 1.62. The van der Waals surface area contributed by atoms with E-state index in [1.165, 1.54) is 24.6 Å². The van der Waals surface area contributed by atoms with E-state index in [4.69, 9.17) is 4.98 Å². The highest BCUT2D eigenvalue weighted by Crippen LogP contribution is 2.39. The average Bonchev–Trinajstić information content (AvgIpc) is 3.54. The second-order valence-electron chi connectivity index (χ2n) is 8.74. The van der Waals surface area contributed by atoms with Gasteiger partial charge in [0.25, 0.3) is 0 Å². The quantitative estimate of drug-likeness (QED) is 0.307. The van der Waals surface area contributed by atoms with E-state index < -0.39 is 0 Å². The normalized spacial score (nSPS) is 13.9. The number of nitrogens with one attached hydrogen (secondary N) is 2. The molecule has 1 aliphatic heterocycles. The van der Waals surface area contributed by atoms with Gasteiger partial charge in [-0.15, -0.1) is 11.3 Å². The van der Waals surface area contributed by atoms with Gasteiger partial charge in [-0.05, 0) is 68.1 Å². The number of piperidine rings is 1. The predicted molar refractivity (Wildman–Crippen MR) is 140 cm³/mol. The third kappa shape index (κ3) is 3.57. The summed E-state index contributed by atoms with van der Waals surface area (Å²) < 4.78 is 0. The van der Waals surface area contributed by atoms with E-state index in [1.54, 1.807) is 17.5 Å². The van der Waals surface area contributed by atoms with Crippen LogP contribution in [0.25, 0.3) is 31.6 Å². The van der Waals surface area contributed by atoms with Gasteiger partial charge >= 0.3 is 0 Å². The molecule has 5 aromatic rings. The molecule has 0 unspecified atom stereocenters. The first-order chi connectivity index (χ1) is 16.7. The predicted octanol–water partition coefficient (Wildman–Crippen LogP) is 6.75. The number of pyridine rings is 2. The largest absolute Gasteiger partial charge is 0.361 e. The number of thiophene rings is 1. The maximum Gasteiger partial charge on any atom is 0.128 e. The Kier molecular flexibility index (Phi) is 5.16. The molecule has 7 heteroatoms. The first kappa shape index (κ1) is 20.7. The summed E-state index contributed by atoms with van der Waals surface area (Å²) in [6.07, 6.45) is 9.34. The molecule has 1 fully saturated rings. The van der Waals surface area contributed by atoms with Crippen molar-refractivity contribution >= 4 is 49.6 Å². The molecule has 0 aliphatic carbocycles. The van der Waals surface area contributed by atoms with Crippen LogP contribution in [0.5, 0.6) is 0 Å². The van der Waals surface area contributed by atoms with Crippen LogP contribution in [0.3, 0.4) is 0 Å². The van der Waals surface area contributed by atoms with Crippen LogP contribution in [-0.2, 0) is 0 Å². The number of aryl methyl sites for hydroxylation is 1. The lowest BCUT2D eigenvalue weighted by atomic mass is 10.1. The lowest BCUT2D eigenvalue weighted by Crippen LogP contribution is -2.29. The Morgan fingerprint density at radius 3 is 2.71 bits per heavy atom. The van der Waals surface area contributed by atoms with Gasteiger partial charge in [0, 0.05) is 64.1 Å². The average molecular weight is 465 g/mol. The summed E-state index contributed by atoms with van der Waals surface area (Å²) in [4.78, 5) is 16.9. The molecule has 1 aliphatic rings. The van der Waals surface area contributed by atoms with Crippen molar-refractivity contribution in [3.05, 3.63) is 66.1 Å². The van der Waals surface area contributed by atoms with Crippen LogP contribution >= 0.6 is 11.3 Å². The van der Waals surface area contributed by atoms with E-state index in [9.17, 15) is 5.26 Å². The van der Waals surface area contributed by atoms with Gasteiger partial charge < -0.3 is 15.2 Å². The molecule has 0 amide bonds. The molecule has 4 aromatic heterocycles. The number of nitriles is 1. The molecule has 6 nitrogen and oxygen atoms in total. The fourth-order valence-corrected chi connectivity index (χ4v) is 5.75. The molecule has 34 heavy (non-hydrogen) atoms. The molecule has 2 N–H and O–H groups in total. The number of nitrogens with zero attached hydrogens (tertiary/aromatic N) is 4. The minimum absolute atomic E-state index is 0.531. The molecule has 0 radical (unpaired) electrons. The summed E-state index contributed by atoms with van der Waals surface area (Å²) in [7, 11) is 0. The summed E-state index contributed by atoms with van der Waals surface area (Å²) in [5.74, 6) is 1.05. The third-order valence-corrected chi connectivity index (χ3v) is 7.75. The number of rotatable bonds is 4. The molecule has 1 aromatic carbocycles. The Bertz CT molecular complexity index is 1530. The van der Waals surface area contributed by atoms with Crippen molar-refractivity contribution in [1.82, 2.24) is 15.0 Å². The number of anilines is 3. The van der Waals surface area contributed by atoms with Crippen LogP contribution in [0.4, 0.5) is 17.2 Å². The minimum atomic E-state index is 0.531. The van der Waals surface area contributed by atoms with Gasteiger partial charge in [-0.2, -0.15) is 5.26 Å². The van der Waals surface area contributed by atoms with Gasteiger partial charge in [-0.25, -0.2) is 9.97 Å². The van der Waals surface area contributed by atoms with Crippen LogP contribution in [0.1, 0.15) is 30.4 Å². The number of aromatic amines is 1. The van der Waals surface area contributed by atoms with Gasteiger partial charge in [0.15, 0.2) is 0 Å². The Morgan fingerprint density at radius 2 is 1.91 bits per heavy atom. The standard InChI is InChI=1S/C27H24N6S/c1-17-20-9-10-29-23(20)7-6-22(17)32-26-19(14-28)16-31-27-21(26)13-24(34-27)18-5-8-25(30-15-18)33-11-3-2-4-12-33/h5-10,13,15-16,29H,2-4,11-12H2,1H3,(H,31,32). The van der Waals surface area contributed by atoms with Crippen molar-refractivity contribution in [1.29, 1.82) is 5.26 Å². The van der Waals surface area contributed by atoms with Crippen molar-refractivity contribution < 1.29 is 0 Å². The minimum Gasteiger partial charge on any atom is -0.361 e. The fraction of sp³-hybridized carbons (Fsp3) is 0.222. The number of fused-ring (bicyclic) bond motifs is 2. The summed E-state index contributed by atoms with van der Waals surface area (Å²) in [6.45, 7) is 4.26. The molecule has 6 rings (SSSR count). The lowest BCUT2D eigenvalue weighted by Gasteiger charge is -2.27. The third-order valence-electron chi connectivity index (χ3n) is 6.66. The van der Waals surface area contributed by atoms with Crippen LogP contribution < -0.4 is 10.2 Å². The van der Waals surface area contributed by atoms with E-state index in [-0.39, 0.29) is 0 Å². The van der Waals surface area contributed by atoms with Gasteiger partial charge in [0.05, 0.1) is 11.3 Å². The van der Waals surface area contributed by atoms with Crippen molar-refractivity contribution in [3.8, 4) is 16.5 Å². The molecule has 0 bridgehead atoms.